The van der Waals surface area contributed by atoms with Gasteiger partial charge in [0.2, 0.25) is 0 Å². The highest BCUT2D eigenvalue weighted by molar-refractivity contribution is 14.1. The molecule has 1 unspecified atom stereocenters. The molecule has 0 radical (unpaired) electrons. The summed E-state index contributed by atoms with van der Waals surface area (Å²) in [5.41, 5.74) is 2.54. The van der Waals surface area contributed by atoms with Gasteiger partial charge in [0.1, 0.15) is 0 Å². The van der Waals surface area contributed by atoms with E-state index in [1.165, 1.54) is 11.1 Å². The van der Waals surface area contributed by atoms with E-state index in [1.54, 1.807) is 0 Å². The first-order chi connectivity index (χ1) is 10.3. The third-order valence-electron chi connectivity index (χ3n) is 5.84. The molecule has 1 aromatic carbocycles. The van der Waals surface area contributed by atoms with Crippen molar-refractivity contribution in [3.8, 4) is 0 Å². The highest BCUT2D eigenvalue weighted by Crippen LogP contribution is 2.57. The maximum Gasteiger partial charge on any atom is 0.0982 e. The zero-order valence-electron chi connectivity index (χ0n) is 13.6. The molecular formula is C18H25ClINO. The normalized spacial score (nSPS) is 28.8. The van der Waals surface area contributed by atoms with Gasteiger partial charge in [-0.1, -0.05) is 60.2 Å². The molecule has 1 atom stereocenters. The number of piperidine rings is 1. The molecule has 1 aliphatic carbocycles. The highest BCUT2D eigenvalue weighted by atomic mass is 127. The highest BCUT2D eigenvalue weighted by Gasteiger charge is 2.56. The first-order valence-corrected chi connectivity index (χ1v) is 9.99. The van der Waals surface area contributed by atoms with Gasteiger partial charge in [0, 0.05) is 14.9 Å². The van der Waals surface area contributed by atoms with Gasteiger partial charge in [-0.2, -0.15) is 0 Å². The van der Waals surface area contributed by atoms with Crippen molar-refractivity contribution in [3.63, 3.8) is 0 Å². The van der Waals surface area contributed by atoms with Crippen LogP contribution in [0.2, 0.25) is 5.02 Å². The van der Waals surface area contributed by atoms with Gasteiger partial charge in [0.25, 0.3) is 0 Å². The summed E-state index contributed by atoms with van der Waals surface area (Å²) in [5.74, 6) is 0.321. The standard InChI is InChI=1S/C18H25ClINO/c1-17(2)10-14-15(5-4-12(11-20)16(14)19)18(17,22)13-6-8-21(3)9-7-13/h4-5,13,22H,6-11H2,1-3H3. The molecule has 0 amide bonds. The summed E-state index contributed by atoms with van der Waals surface area (Å²) in [6, 6.07) is 4.25. The Morgan fingerprint density at radius 3 is 2.55 bits per heavy atom. The Kier molecular flexibility index (Phi) is 4.56. The zero-order valence-corrected chi connectivity index (χ0v) is 16.5. The van der Waals surface area contributed by atoms with Crippen LogP contribution < -0.4 is 0 Å². The van der Waals surface area contributed by atoms with Crippen molar-refractivity contribution in [2.75, 3.05) is 20.1 Å². The first-order valence-electron chi connectivity index (χ1n) is 8.09. The van der Waals surface area contributed by atoms with Gasteiger partial charge in [-0.15, -0.1) is 0 Å². The minimum Gasteiger partial charge on any atom is -0.384 e. The van der Waals surface area contributed by atoms with Crippen molar-refractivity contribution in [1.29, 1.82) is 0 Å². The molecule has 2 aliphatic rings. The zero-order chi connectivity index (χ0) is 16.1. The molecule has 122 valence electrons. The van der Waals surface area contributed by atoms with E-state index in [-0.39, 0.29) is 5.41 Å². The van der Waals surface area contributed by atoms with E-state index in [1.807, 2.05) is 0 Å². The predicted octanol–water partition coefficient (Wildman–Crippen LogP) is 4.39. The van der Waals surface area contributed by atoms with Crippen molar-refractivity contribution in [3.05, 3.63) is 33.8 Å². The molecule has 0 bridgehead atoms. The number of hydrogen-bond donors (Lipinski definition) is 1. The molecule has 0 aromatic heterocycles. The average molecular weight is 434 g/mol. The maximum absolute atomic E-state index is 11.8. The molecule has 3 rings (SSSR count). The molecule has 1 aromatic rings. The number of benzene rings is 1. The smallest absolute Gasteiger partial charge is 0.0982 e. The van der Waals surface area contributed by atoms with E-state index >= 15 is 0 Å². The molecule has 1 saturated heterocycles. The molecule has 2 nitrogen and oxygen atoms in total. The van der Waals surface area contributed by atoms with Gasteiger partial charge in [-0.25, -0.2) is 0 Å². The Morgan fingerprint density at radius 1 is 1.32 bits per heavy atom. The lowest BCUT2D eigenvalue weighted by molar-refractivity contribution is -0.121. The molecule has 0 spiro atoms. The van der Waals surface area contributed by atoms with E-state index < -0.39 is 5.60 Å². The van der Waals surface area contributed by atoms with Crippen LogP contribution in [0.5, 0.6) is 0 Å². The monoisotopic (exact) mass is 433 g/mol. The largest absolute Gasteiger partial charge is 0.384 e. The van der Waals surface area contributed by atoms with Gasteiger partial charge < -0.3 is 10.0 Å². The predicted molar refractivity (Wildman–Crippen MR) is 101 cm³/mol. The van der Waals surface area contributed by atoms with Crippen molar-refractivity contribution in [1.82, 2.24) is 4.90 Å². The molecule has 1 aliphatic heterocycles. The summed E-state index contributed by atoms with van der Waals surface area (Å²) in [6.07, 6.45) is 2.98. The molecule has 1 heterocycles. The van der Waals surface area contributed by atoms with E-state index in [9.17, 15) is 5.11 Å². The number of halogens is 2. The number of fused-ring (bicyclic) bond motifs is 1. The third kappa shape index (κ3) is 2.43. The SMILES string of the molecule is CN1CCC(C2(O)c3ccc(CI)c(Cl)c3CC2(C)C)CC1. The minimum absolute atomic E-state index is 0.163. The summed E-state index contributed by atoms with van der Waals surface area (Å²) < 4.78 is 0.914. The Labute approximate surface area is 152 Å². The fourth-order valence-electron chi connectivity index (χ4n) is 4.44. The minimum atomic E-state index is -0.753. The maximum atomic E-state index is 11.8. The number of likely N-dealkylation sites (tertiary alicyclic amines) is 1. The Hall–Kier alpha value is 0.160. The average Bonchev–Trinajstić information content (AvgIpc) is 2.69. The van der Waals surface area contributed by atoms with Crippen LogP contribution in [-0.2, 0) is 16.4 Å². The third-order valence-corrected chi connectivity index (χ3v) is 7.13. The van der Waals surface area contributed by atoms with Crippen LogP contribution in [0.25, 0.3) is 0 Å². The number of aliphatic hydroxyl groups is 1. The summed E-state index contributed by atoms with van der Waals surface area (Å²) in [5, 5.41) is 12.7. The summed E-state index contributed by atoms with van der Waals surface area (Å²) in [7, 11) is 2.16. The molecule has 1 N–H and O–H groups in total. The van der Waals surface area contributed by atoms with Crippen LogP contribution in [0.4, 0.5) is 0 Å². The van der Waals surface area contributed by atoms with Gasteiger partial charge in [-0.05, 0) is 62.0 Å². The number of rotatable bonds is 2. The van der Waals surface area contributed by atoms with Crippen LogP contribution >= 0.6 is 34.2 Å². The summed E-state index contributed by atoms with van der Waals surface area (Å²) in [4.78, 5) is 2.36. The van der Waals surface area contributed by atoms with Crippen molar-refractivity contribution < 1.29 is 5.11 Å². The number of hydrogen-bond acceptors (Lipinski definition) is 2. The van der Waals surface area contributed by atoms with Crippen LogP contribution in [-0.4, -0.2) is 30.1 Å². The second-order valence-electron chi connectivity index (χ2n) is 7.60. The quantitative estimate of drug-likeness (QED) is 0.552. The molecule has 1 fully saturated rings. The van der Waals surface area contributed by atoms with Gasteiger partial charge in [0.05, 0.1) is 5.60 Å². The lowest BCUT2D eigenvalue weighted by Gasteiger charge is -2.46. The van der Waals surface area contributed by atoms with Crippen molar-refractivity contribution >= 4 is 34.2 Å². The molecule has 4 heteroatoms. The molecule has 0 saturated carbocycles. The summed E-state index contributed by atoms with van der Waals surface area (Å²) >= 11 is 9.00. The first kappa shape index (κ1) is 17.0. The van der Waals surface area contributed by atoms with Gasteiger partial charge in [-0.3, -0.25) is 0 Å². The molecular weight excluding hydrogens is 409 g/mol. The second kappa shape index (κ2) is 5.91. The lowest BCUT2D eigenvalue weighted by atomic mass is 9.65. The van der Waals surface area contributed by atoms with Gasteiger partial charge in [0.15, 0.2) is 0 Å². The van der Waals surface area contributed by atoms with E-state index in [0.29, 0.717) is 5.92 Å². The van der Waals surface area contributed by atoms with Crippen LogP contribution in [0.1, 0.15) is 43.4 Å². The molecule has 22 heavy (non-hydrogen) atoms. The lowest BCUT2D eigenvalue weighted by Crippen LogP contribution is -2.49. The Bertz CT molecular complexity index is 581. The van der Waals surface area contributed by atoms with Crippen LogP contribution in [0, 0.1) is 11.3 Å². The topological polar surface area (TPSA) is 23.5 Å². The van der Waals surface area contributed by atoms with Crippen LogP contribution in [0.3, 0.4) is 0 Å². The van der Waals surface area contributed by atoms with E-state index in [2.05, 4.69) is 60.5 Å². The fraction of sp³-hybridized carbons (Fsp3) is 0.667. The van der Waals surface area contributed by atoms with Crippen molar-refractivity contribution in [2.24, 2.45) is 11.3 Å². The number of alkyl halides is 1. The van der Waals surface area contributed by atoms with Crippen LogP contribution in [0.15, 0.2) is 12.1 Å². The van der Waals surface area contributed by atoms with Crippen molar-refractivity contribution in [2.45, 2.75) is 43.1 Å². The summed E-state index contributed by atoms with van der Waals surface area (Å²) in [6.45, 7) is 6.53. The van der Waals surface area contributed by atoms with E-state index in [0.717, 1.165) is 47.4 Å². The Morgan fingerprint density at radius 2 is 1.95 bits per heavy atom. The second-order valence-corrected chi connectivity index (χ2v) is 8.74. The fourth-order valence-corrected chi connectivity index (χ4v) is 5.60. The number of nitrogens with zero attached hydrogens (tertiary/aromatic N) is 1. The Balaban J connectivity index is 2.07. The van der Waals surface area contributed by atoms with Gasteiger partial charge >= 0.3 is 0 Å². The van der Waals surface area contributed by atoms with E-state index in [4.69, 9.17) is 11.6 Å².